The topological polar surface area (TPSA) is 12.0 Å². The Labute approximate surface area is 119 Å². The van der Waals surface area contributed by atoms with E-state index in [1.54, 1.807) is 12.1 Å². The van der Waals surface area contributed by atoms with Crippen molar-refractivity contribution in [3.05, 3.63) is 63.6 Å². The highest BCUT2D eigenvalue weighted by atomic mass is 79.9. The van der Waals surface area contributed by atoms with Crippen LogP contribution < -0.4 is 5.32 Å². The van der Waals surface area contributed by atoms with Crippen LogP contribution in [-0.2, 0) is 0 Å². The molecular formula is C15H14BrF2N. The summed E-state index contributed by atoms with van der Waals surface area (Å²) in [6.07, 6.45) is 0. The molecule has 0 bridgehead atoms. The average Bonchev–Trinajstić information content (AvgIpc) is 2.33. The normalized spacial score (nSPS) is 12.3. The van der Waals surface area contributed by atoms with Crippen molar-refractivity contribution < 1.29 is 8.78 Å². The zero-order valence-corrected chi connectivity index (χ0v) is 12.3. The Morgan fingerprint density at radius 3 is 2.37 bits per heavy atom. The molecule has 0 aromatic heterocycles. The number of anilines is 1. The third kappa shape index (κ3) is 3.32. The van der Waals surface area contributed by atoms with Gasteiger partial charge < -0.3 is 5.32 Å². The summed E-state index contributed by atoms with van der Waals surface area (Å²) in [5.41, 5.74) is 2.63. The second kappa shape index (κ2) is 5.70. The molecule has 0 aliphatic heterocycles. The largest absolute Gasteiger partial charge is 0.378 e. The van der Waals surface area contributed by atoms with Gasteiger partial charge in [-0.25, -0.2) is 8.78 Å². The molecule has 2 aromatic rings. The van der Waals surface area contributed by atoms with E-state index in [0.29, 0.717) is 4.47 Å². The van der Waals surface area contributed by atoms with Crippen LogP contribution in [0.3, 0.4) is 0 Å². The quantitative estimate of drug-likeness (QED) is 0.816. The smallest absolute Gasteiger partial charge is 0.125 e. The minimum atomic E-state index is -0.287. The van der Waals surface area contributed by atoms with E-state index in [1.807, 2.05) is 13.8 Å². The standard InChI is InChI=1S/C15H14BrF2N/c1-9-3-4-12(18)8-15(9)19-10(2)13-6-5-11(17)7-14(13)16/h3-8,10,19H,1-2H3. The summed E-state index contributed by atoms with van der Waals surface area (Å²) in [6.45, 7) is 3.86. The second-order valence-corrected chi connectivity index (χ2v) is 5.35. The van der Waals surface area contributed by atoms with Crippen LogP contribution in [0.1, 0.15) is 24.1 Å². The van der Waals surface area contributed by atoms with Crippen LogP contribution in [0.5, 0.6) is 0 Å². The van der Waals surface area contributed by atoms with Crippen molar-refractivity contribution >= 4 is 21.6 Å². The van der Waals surface area contributed by atoms with Crippen LogP contribution in [0.15, 0.2) is 40.9 Å². The Balaban J connectivity index is 2.25. The van der Waals surface area contributed by atoms with Gasteiger partial charge in [-0.1, -0.05) is 28.1 Å². The highest BCUT2D eigenvalue weighted by Gasteiger charge is 2.11. The van der Waals surface area contributed by atoms with E-state index in [-0.39, 0.29) is 17.7 Å². The van der Waals surface area contributed by atoms with E-state index >= 15 is 0 Å². The predicted molar refractivity (Wildman–Crippen MR) is 77.3 cm³/mol. The number of halogens is 3. The summed E-state index contributed by atoms with van der Waals surface area (Å²) < 4.78 is 27.0. The fourth-order valence-corrected chi connectivity index (χ4v) is 2.61. The summed E-state index contributed by atoms with van der Waals surface area (Å²) in [4.78, 5) is 0. The molecular weight excluding hydrogens is 312 g/mol. The first-order valence-electron chi connectivity index (χ1n) is 5.95. The minimum absolute atomic E-state index is 0.0597. The fraction of sp³-hybridized carbons (Fsp3) is 0.200. The highest BCUT2D eigenvalue weighted by molar-refractivity contribution is 9.10. The zero-order valence-electron chi connectivity index (χ0n) is 10.7. The van der Waals surface area contributed by atoms with Gasteiger partial charge in [0.05, 0.1) is 0 Å². The van der Waals surface area contributed by atoms with Crippen LogP contribution in [0.25, 0.3) is 0 Å². The van der Waals surface area contributed by atoms with Gasteiger partial charge in [0.2, 0.25) is 0 Å². The van der Waals surface area contributed by atoms with E-state index < -0.39 is 0 Å². The number of hydrogen-bond donors (Lipinski definition) is 1. The summed E-state index contributed by atoms with van der Waals surface area (Å²) in [6, 6.07) is 9.11. The molecule has 1 atom stereocenters. The van der Waals surface area contributed by atoms with Gasteiger partial charge in [0.25, 0.3) is 0 Å². The maximum absolute atomic E-state index is 13.2. The molecule has 0 amide bonds. The Hall–Kier alpha value is -1.42. The molecule has 0 saturated heterocycles. The van der Waals surface area contributed by atoms with Crippen molar-refractivity contribution in [1.29, 1.82) is 0 Å². The van der Waals surface area contributed by atoms with Crippen molar-refractivity contribution in [2.75, 3.05) is 5.32 Å². The third-order valence-electron chi connectivity index (χ3n) is 3.00. The number of rotatable bonds is 3. The Morgan fingerprint density at radius 2 is 1.68 bits per heavy atom. The van der Waals surface area contributed by atoms with Gasteiger partial charge in [-0.05, 0) is 49.2 Å². The molecule has 0 heterocycles. The maximum atomic E-state index is 13.2. The van der Waals surface area contributed by atoms with Crippen LogP contribution in [0.4, 0.5) is 14.5 Å². The maximum Gasteiger partial charge on any atom is 0.125 e. The van der Waals surface area contributed by atoms with Crippen LogP contribution >= 0.6 is 15.9 Å². The lowest BCUT2D eigenvalue weighted by Crippen LogP contribution is -2.08. The zero-order chi connectivity index (χ0) is 14.0. The van der Waals surface area contributed by atoms with Crippen LogP contribution in [-0.4, -0.2) is 0 Å². The van der Waals surface area contributed by atoms with Gasteiger partial charge in [0, 0.05) is 16.2 Å². The van der Waals surface area contributed by atoms with Gasteiger partial charge in [-0.2, -0.15) is 0 Å². The van der Waals surface area contributed by atoms with Crippen molar-refractivity contribution in [2.45, 2.75) is 19.9 Å². The molecule has 1 nitrogen and oxygen atoms in total. The van der Waals surface area contributed by atoms with Gasteiger partial charge >= 0.3 is 0 Å². The van der Waals surface area contributed by atoms with E-state index in [1.165, 1.54) is 24.3 Å². The first kappa shape index (κ1) is 14.0. The average molecular weight is 326 g/mol. The molecule has 2 aromatic carbocycles. The van der Waals surface area contributed by atoms with Crippen molar-refractivity contribution in [1.82, 2.24) is 0 Å². The molecule has 0 spiro atoms. The minimum Gasteiger partial charge on any atom is -0.378 e. The van der Waals surface area contributed by atoms with Gasteiger partial charge in [-0.15, -0.1) is 0 Å². The summed E-state index contributed by atoms with van der Waals surface area (Å²) in [5.74, 6) is -0.566. The van der Waals surface area contributed by atoms with E-state index in [2.05, 4.69) is 21.2 Å². The number of nitrogens with one attached hydrogen (secondary N) is 1. The predicted octanol–water partition coefficient (Wildman–Crippen LogP) is 5.21. The fourth-order valence-electron chi connectivity index (χ4n) is 1.91. The lowest BCUT2D eigenvalue weighted by molar-refractivity contribution is 0.625. The third-order valence-corrected chi connectivity index (χ3v) is 3.69. The van der Waals surface area contributed by atoms with Gasteiger partial charge in [-0.3, -0.25) is 0 Å². The second-order valence-electron chi connectivity index (χ2n) is 4.49. The lowest BCUT2D eigenvalue weighted by atomic mass is 10.1. The number of aryl methyl sites for hydroxylation is 1. The van der Waals surface area contributed by atoms with Crippen molar-refractivity contribution in [3.8, 4) is 0 Å². The molecule has 1 unspecified atom stereocenters. The first-order valence-corrected chi connectivity index (χ1v) is 6.74. The summed E-state index contributed by atoms with van der Waals surface area (Å²) in [7, 11) is 0. The molecule has 4 heteroatoms. The molecule has 0 saturated carbocycles. The Morgan fingerprint density at radius 1 is 1.05 bits per heavy atom. The molecule has 1 N–H and O–H groups in total. The van der Waals surface area contributed by atoms with E-state index in [9.17, 15) is 8.78 Å². The van der Waals surface area contributed by atoms with Crippen LogP contribution in [0, 0.1) is 18.6 Å². The molecule has 0 fully saturated rings. The first-order chi connectivity index (χ1) is 8.97. The Kier molecular flexibility index (Phi) is 4.20. The SMILES string of the molecule is Cc1ccc(F)cc1NC(C)c1ccc(F)cc1Br. The lowest BCUT2D eigenvalue weighted by Gasteiger charge is -2.18. The van der Waals surface area contributed by atoms with Crippen molar-refractivity contribution in [2.24, 2.45) is 0 Å². The molecule has 2 rings (SSSR count). The van der Waals surface area contributed by atoms with Crippen molar-refractivity contribution in [3.63, 3.8) is 0 Å². The van der Waals surface area contributed by atoms with Crippen LogP contribution in [0.2, 0.25) is 0 Å². The Bertz CT molecular complexity index is 599. The molecule has 0 radical (unpaired) electrons. The van der Waals surface area contributed by atoms with Gasteiger partial charge in [0.15, 0.2) is 0 Å². The van der Waals surface area contributed by atoms with E-state index in [4.69, 9.17) is 0 Å². The number of hydrogen-bond acceptors (Lipinski definition) is 1. The van der Waals surface area contributed by atoms with Gasteiger partial charge in [0.1, 0.15) is 11.6 Å². The summed E-state index contributed by atoms with van der Waals surface area (Å²) in [5, 5.41) is 3.24. The molecule has 100 valence electrons. The monoisotopic (exact) mass is 325 g/mol. The molecule has 0 aliphatic rings. The number of benzene rings is 2. The highest BCUT2D eigenvalue weighted by Crippen LogP contribution is 2.28. The summed E-state index contributed by atoms with van der Waals surface area (Å²) >= 11 is 3.34. The van der Waals surface area contributed by atoms with E-state index in [0.717, 1.165) is 16.8 Å². The molecule has 19 heavy (non-hydrogen) atoms. The molecule has 0 aliphatic carbocycles.